The van der Waals surface area contributed by atoms with Crippen LogP contribution in [0.1, 0.15) is 0 Å². The first-order valence-electron chi connectivity index (χ1n) is 9.89. The molecule has 182 valence electrons. The number of esters is 2. The van der Waals surface area contributed by atoms with Gasteiger partial charge in [0.05, 0.1) is 14.2 Å². The third kappa shape index (κ3) is 9.63. The topological polar surface area (TPSA) is 129 Å². The van der Waals surface area contributed by atoms with E-state index in [9.17, 15) is 19.2 Å². The molecule has 0 bridgehead atoms. The maximum absolute atomic E-state index is 12.1. The lowest BCUT2D eigenvalue weighted by Gasteiger charge is -2.18. The third-order valence-corrected chi connectivity index (χ3v) is 6.44. The molecule has 0 saturated heterocycles. The van der Waals surface area contributed by atoms with E-state index >= 15 is 0 Å². The number of para-hydroxylation sites is 2. The van der Waals surface area contributed by atoms with Gasteiger partial charge < -0.3 is 29.6 Å². The van der Waals surface area contributed by atoms with E-state index in [4.69, 9.17) is 18.9 Å². The summed E-state index contributed by atoms with van der Waals surface area (Å²) in [4.78, 5) is 48.3. The summed E-state index contributed by atoms with van der Waals surface area (Å²) >= 11 is 0. The summed E-state index contributed by atoms with van der Waals surface area (Å²) in [5.74, 6) is -0.452. The molecule has 2 atom stereocenters. The Morgan fingerprint density at radius 1 is 0.676 bits per heavy atom. The number of benzene rings is 2. The lowest BCUT2D eigenvalue weighted by molar-refractivity contribution is -0.143. The molecule has 0 spiro atoms. The Hall–Kier alpha value is -3.38. The number of nitrogens with one attached hydrogen (secondary N) is 2. The smallest absolute Gasteiger partial charge is 0.413 e. The molecule has 0 aliphatic carbocycles. The lowest BCUT2D eigenvalue weighted by atomic mass is 10.3. The van der Waals surface area contributed by atoms with Crippen LogP contribution in [0, 0.1) is 0 Å². The number of rotatable bonds is 11. The fourth-order valence-electron chi connectivity index (χ4n) is 2.39. The number of carbonyl (C=O) groups excluding carboxylic acids is 4. The van der Waals surface area contributed by atoms with Gasteiger partial charge in [0.2, 0.25) is 0 Å². The molecule has 12 heteroatoms. The van der Waals surface area contributed by atoms with E-state index in [0.717, 1.165) is 0 Å². The van der Waals surface area contributed by atoms with Gasteiger partial charge in [-0.1, -0.05) is 58.0 Å². The van der Waals surface area contributed by atoms with Gasteiger partial charge in [-0.25, -0.2) is 19.2 Å². The number of methoxy groups -OCH3 is 2. The van der Waals surface area contributed by atoms with E-state index < -0.39 is 36.2 Å². The molecular weight excluding hydrogens is 484 g/mol. The highest BCUT2D eigenvalue weighted by atomic mass is 33.1. The molecule has 10 nitrogen and oxygen atoms in total. The quantitative estimate of drug-likeness (QED) is 0.265. The van der Waals surface area contributed by atoms with E-state index in [-0.39, 0.29) is 11.5 Å². The normalized spacial score (nSPS) is 11.9. The van der Waals surface area contributed by atoms with E-state index in [1.165, 1.54) is 35.8 Å². The van der Waals surface area contributed by atoms with Crippen LogP contribution in [0.3, 0.4) is 0 Å². The van der Waals surface area contributed by atoms with Crippen molar-refractivity contribution < 1.29 is 38.1 Å². The highest BCUT2D eigenvalue weighted by Crippen LogP contribution is 2.24. The minimum atomic E-state index is -0.994. The summed E-state index contributed by atoms with van der Waals surface area (Å²) in [7, 11) is 4.78. The summed E-state index contributed by atoms with van der Waals surface area (Å²) in [6.07, 6.45) is -1.63. The van der Waals surface area contributed by atoms with Crippen LogP contribution in [-0.2, 0) is 19.1 Å². The summed E-state index contributed by atoms with van der Waals surface area (Å²) in [5, 5.41) is 4.89. The average Bonchev–Trinajstić information content (AvgIpc) is 2.85. The van der Waals surface area contributed by atoms with Crippen LogP contribution in [0.25, 0.3) is 0 Å². The van der Waals surface area contributed by atoms with Crippen LogP contribution in [-0.4, -0.2) is 61.9 Å². The van der Waals surface area contributed by atoms with Gasteiger partial charge in [-0.2, -0.15) is 0 Å². The zero-order chi connectivity index (χ0) is 24.8. The van der Waals surface area contributed by atoms with Crippen LogP contribution < -0.4 is 20.1 Å². The minimum absolute atomic E-state index is 0.115. The van der Waals surface area contributed by atoms with Crippen LogP contribution in [0.4, 0.5) is 9.59 Å². The Labute approximate surface area is 204 Å². The van der Waals surface area contributed by atoms with Crippen molar-refractivity contribution in [3.63, 3.8) is 0 Å². The maximum Gasteiger partial charge on any atom is 0.413 e. The van der Waals surface area contributed by atoms with E-state index in [1.807, 2.05) is 0 Å². The molecule has 2 rings (SSSR count). The predicted molar refractivity (Wildman–Crippen MR) is 128 cm³/mol. The van der Waals surface area contributed by atoms with Crippen molar-refractivity contribution in [2.45, 2.75) is 12.1 Å². The summed E-state index contributed by atoms with van der Waals surface area (Å²) < 4.78 is 19.7. The second-order valence-electron chi connectivity index (χ2n) is 6.41. The van der Waals surface area contributed by atoms with Gasteiger partial charge in [-0.3, -0.25) is 0 Å². The van der Waals surface area contributed by atoms with E-state index in [1.54, 1.807) is 60.7 Å². The van der Waals surface area contributed by atoms with Crippen LogP contribution in [0.2, 0.25) is 0 Å². The van der Waals surface area contributed by atoms with Gasteiger partial charge >= 0.3 is 24.1 Å². The van der Waals surface area contributed by atoms with Crippen LogP contribution in [0.15, 0.2) is 60.7 Å². The van der Waals surface area contributed by atoms with E-state index in [0.29, 0.717) is 11.5 Å². The van der Waals surface area contributed by atoms with Crippen molar-refractivity contribution in [1.82, 2.24) is 10.6 Å². The third-order valence-electron chi connectivity index (χ3n) is 4.02. The van der Waals surface area contributed by atoms with Crippen molar-refractivity contribution >= 4 is 45.7 Å². The van der Waals surface area contributed by atoms with Crippen LogP contribution >= 0.6 is 21.6 Å². The second kappa shape index (κ2) is 14.7. The molecule has 0 radical (unpaired) electrons. The molecule has 0 aliphatic rings. The summed E-state index contributed by atoms with van der Waals surface area (Å²) in [5.41, 5.74) is 0. The number of hydrogen-bond donors (Lipinski definition) is 2. The zero-order valence-electron chi connectivity index (χ0n) is 18.4. The van der Waals surface area contributed by atoms with Gasteiger partial charge in [0.1, 0.15) is 23.6 Å². The molecule has 0 heterocycles. The standard InChI is InChI=1S/C22H24N2O8S2/c1-29-19(25)17(23-21(27)31-15-9-5-3-6-10-15)13-33-34-14-18(20(26)30-2)24-22(28)32-16-11-7-4-8-12-16/h3-12,17-18H,13-14H2,1-2H3,(H,23,27)(H,24,28)/t17-,18?/m0/s1. The Kier molecular flexibility index (Phi) is 11.6. The van der Waals surface area contributed by atoms with Gasteiger partial charge in [0, 0.05) is 11.5 Å². The molecular formula is C22H24N2O8S2. The van der Waals surface area contributed by atoms with Gasteiger partial charge in [-0.15, -0.1) is 0 Å². The molecule has 0 fully saturated rings. The number of ether oxygens (including phenoxy) is 4. The molecule has 2 aromatic rings. The van der Waals surface area contributed by atoms with Gasteiger partial charge in [-0.05, 0) is 24.3 Å². The van der Waals surface area contributed by atoms with Crippen LogP contribution in [0.5, 0.6) is 11.5 Å². The van der Waals surface area contributed by atoms with Gasteiger partial charge in [0.15, 0.2) is 0 Å². The Bertz CT molecular complexity index is 869. The summed E-state index contributed by atoms with van der Waals surface area (Å²) in [6, 6.07) is 14.8. The Balaban J connectivity index is 1.84. The van der Waals surface area contributed by atoms with Crippen molar-refractivity contribution in [2.75, 3.05) is 25.7 Å². The highest BCUT2D eigenvalue weighted by molar-refractivity contribution is 8.76. The van der Waals surface area contributed by atoms with Crippen molar-refractivity contribution in [3.05, 3.63) is 60.7 Å². The molecule has 2 aromatic carbocycles. The van der Waals surface area contributed by atoms with E-state index in [2.05, 4.69) is 10.6 Å². The number of carbonyl (C=O) groups is 4. The SMILES string of the molecule is COC(=O)C(CSSC[C@H](NC(=O)Oc1ccccc1)C(=O)OC)NC(=O)Oc1ccccc1. The largest absolute Gasteiger partial charge is 0.467 e. The predicted octanol–water partition coefficient (Wildman–Crippen LogP) is 3.03. The Morgan fingerprint density at radius 2 is 1.03 bits per heavy atom. The molecule has 0 saturated carbocycles. The molecule has 34 heavy (non-hydrogen) atoms. The molecule has 2 amide bonds. The minimum Gasteiger partial charge on any atom is -0.467 e. The molecule has 1 unspecified atom stereocenters. The maximum atomic E-state index is 12.1. The van der Waals surface area contributed by atoms with Crippen molar-refractivity contribution in [3.8, 4) is 11.5 Å². The molecule has 0 aliphatic heterocycles. The lowest BCUT2D eigenvalue weighted by Crippen LogP contribution is -2.45. The van der Waals surface area contributed by atoms with Crippen molar-refractivity contribution in [2.24, 2.45) is 0 Å². The monoisotopic (exact) mass is 508 g/mol. The first-order chi connectivity index (χ1) is 16.4. The fourth-order valence-corrected chi connectivity index (χ4v) is 4.69. The molecule has 0 aromatic heterocycles. The first-order valence-corrected chi connectivity index (χ1v) is 12.4. The summed E-state index contributed by atoms with van der Waals surface area (Å²) in [6.45, 7) is 0. The Morgan fingerprint density at radius 3 is 1.35 bits per heavy atom. The zero-order valence-corrected chi connectivity index (χ0v) is 20.1. The number of amides is 2. The number of hydrogen-bond acceptors (Lipinski definition) is 10. The average molecular weight is 509 g/mol. The second-order valence-corrected chi connectivity index (χ2v) is 8.97. The first kappa shape index (κ1) is 26.9. The molecule has 2 N–H and O–H groups in total. The fraction of sp³-hybridized carbons (Fsp3) is 0.273. The van der Waals surface area contributed by atoms with Crippen molar-refractivity contribution in [1.29, 1.82) is 0 Å². The van der Waals surface area contributed by atoms with Gasteiger partial charge in [0.25, 0.3) is 0 Å². The highest BCUT2D eigenvalue weighted by Gasteiger charge is 2.25.